The zero-order chi connectivity index (χ0) is 21.8. The lowest BCUT2D eigenvalue weighted by atomic mass is 10.0. The van der Waals surface area contributed by atoms with Crippen molar-refractivity contribution in [3.8, 4) is 0 Å². The number of nitrogens with one attached hydrogen (secondary N) is 3. The van der Waals surface area contributed by atoms with E-state index < -0.39 is 24.3 Å². The molecule has 10 nitrogen and oxygen atoms in total. The Hall–Kier alpha value is -2.95. The third-order valence-corrected chi connectivity index (χ3v) is 4.86. The number of alkyl halides is 1. The van der Waals surface area contributed by atoms with E-state index in [0.717, 1.165) is 0 Å². The molecule has 1 aliphatic carbocycles. The number of aromatic nitrogens is 4. The number of carbonyl (C=O) groups excluding carboxylic acids is 2. The van der Waals surface area contributed by atoms with Gasteiger partial charge >= 0.3 is 6.09 Å². The highest BCUT2D eigenvalue weighted by molar-refractivity contribution is 6.02. The molecule has 0 saturated heterocycles. The average molecular weight is 422 g/mol. The van der Waals surface area contributed by atoms with Crippen molar-refractivity contribution in [1.82, 2.24) is 25.3 Å². The Bertz CT molecular complexity index is 895. The molecule has 0 spiro atoms. The van der Waals surface area contributed by atoms with Gasteiger partial charge in [-0.05, 0) is 32.8 Å². The Labute approximate surface area is 173 Å². The van der Waals surface area contributed by atoms with Crippen LogP contribution in [0.1, 0.15) is 54.5 Å². The second-order valence-electron chi connectivity index (χ2n) is 7.61. The second-order valence-corrected chi connectivity index (χ2v) is 7.61. The van der Waals surface area contributed by atoms with Crippen molar-refractivity contribution >= 4 is 17.8 Å². The van der Waals surface area contributed by atoms with E-state index in [1.165, 1.54) is 4.68 Å². The van der Waals surface area contributed by atoms with Gasteiger partial charge in [0, 0.05) is 37.9 Å². The predicted molar refractivity (Wildman–Crippen MR) is 106 cm³/mol. The number of ether oxygens (including phenoxy) is 2. The molecule has 3 N–H and O–H groups in total. The van der Waals surface area contributed by atoms with E-state index >= 15 is 0 Å². The van der Waals surface area contributed by atoms with Crippen LogP contribution in [0.25, 0.3) is 0 Å². The van der Waals surface area contributed by atoms with Gasteiger partial charge < -0.3 is 20.1 Å². The fourth-order valence-corrected chi connectivity index (χ4v) is 3.51. The quantitative estimate of drug-likeness (QED) is 0.629. The van der Waals surface area contributed by atoms with Crippen molar-refractivity contribution < 1.29 is 23.5 Å². The SMILES string of the molecule is COCc1cc(C(=O)Nc2cc([C@@H]3CC[C@H](OC(=O)NC(C)C)[C@@H]3F)[nH]n2)n(C)n1. The number of aryl methyl sites for hydroxylation is 1. The Morgan fingerprint density at radius 2 is 2.13 bits per heavy atom. The number of H-pyrrole nitrogens is 1. The van der Waals surface area contributed by atoms with Gasteiger partial charge in [-0.25, -0.2) is 9.18 Å². The molecule has 3 atom stereocenters. The van der Waals surface area contributed by atoms with E-state index in [9.17, 15) is 14.0 Å². The molecule has 0 aliphatic heterocycles. The van der Waals surface area contributed by atoms with Crippen LogP contribution < -0.4 is 10.6 Å². The first-order chi connectivity index (χ1) is 14.3. The first-order valence-electron chi connectivity index (χ1n) is 9.78. The van der Waals surface area contributed by atoms with Gasteiger partial charge in [-0.15, -0.1) is 0 Å². The van der Waals surface area contributed by atoms with Crippen LogP contribution in [0.3, 0.4) is 0 Å². The second kappa shape index (κ2) is 9.24. The van der Waals surface area contributed by atoms with Gasteiger partial charge in [0.1, 0.15) is 18.0 Å². The van der Waals surface area contributed by atoms with Crippen LogP contribution >= 0.6 is 0 Å². The highest BCUT2D eigenvalue weighted by Gasteiger charge is 2.41. The predicted octanol–water partition coefficient (Wildman–Crippen LogP) is 2.26. The number of rotatable bonds is 7. The molecule has 0 aromatic carbocycles. The minimum atomic E-state index is -1.36. The number of aromatic amines is 1. The number of halogens is 1. The summed E-state index contributed by atoms with van der Waals surface area (Å²) >= 11 is 0. The maximum absolute atomic E-state index is 14.8. The molecule has 3 rings (SSSR count). The van der Waals surface area contributed by atoms with Crippen molar-refractivity contribution in [1.29, 1.82) is 0 Å². The van der Waals surface area contributed by atoms with Gasteiger partial charge in [-0.1, -0.05) is 0 Å². The number of anilines is 1. The largest absolute Gasteiger partial charge is 0.443 e. The lowest BCUT2D eigenvalue weighted by Crippen LogP contribution is -2.36. The first-order valence-corrected chi connectivity index (χ1v) is 9.78. The molecule has 0 bridgehead atoms. The highest BCUT2D eigenvalue weighted by atomic mass is 19.1. The molecule has 2 aromatic rings. The molecule has 164 valence electrons. The fourth-order valence-electron chi connectivity index (χ4n) is 3.51. The third kappa shape index (κ3) is 4.96. The summed E-state index contributed by atoms with van der Waals surface area (Å²) in [5.74, 6) is -0.608. The normalized spacial score (nSPS) is 21.1. The van der Waals surface area contributed by atoms with E-state index in [2.05, 4.69) is 25.9 Å². The Kier molecular flexibility index (Phi) is 6.70. The van der Waals surface area contributed by atoms with E-state index in [1.807, 2.05) is 0 Å². The molecule has 30 heavy (non-hydrogen) atoms. The molecule has 2 amide bonds. The molecule has 1 saturated carbocycles. The number of methoxy groups -OCH3 is 1. The zero-order valence-corrected chi connectivity index (χ0v) is 17.4. The molecular weight excluding hydrogens is 395 g/mol. The van der Waals surface area contributed by atoms with Crippen LogP contribution in [0.5, 0.6) is 0 Å². The Morgan fingerprint density at radius 1 is 1.37 bits per heavy atom. The minimum Gasteiger partial charge on any atom is -0.443 e. The maximum Gasteiger partial charge on any atom is 0.407 e. The molecule has 0 unspecified atom stereocenters. The van der Waals surface area contributed by atoms with Crippen molar-refractivity contribution in [3.05, 3.63) is 29.2 Å². The number of hydrogen-bond acceptors (Lipinski definition) is 6. The molecule has 1 aliphatic rings. The van der Waals surface area contributed by atoms with Crippen LogP contribution in [0.15, 0.2) is 12.1 Å². The maximum atomic E-state index is 14.8. The van der Waals surface area contributed by atoms with Crippen molar-refractivity contribution in [2.45, 2.75) is 57.5 Å². The van der Waals surface area contributed by atoms with Crippen molar-refractivity contribution in [2.24, 2.45) is 7.05 Å². The van der Waals surface area contributed by atoms with Crippen LogP contribution in [0, 0.1) is 0 Å². The van der Waals surface area contributed by atoms with Crippen molar-refractivity contribution in [2.75, 3.05) is 12.4 Å². The molecule has 11 heteroatoms. The zero-order valence-electron chi connectivity index (χ0n) is 17.4. The van der Waals surface area contributed by atoms with Crippen LogP contribution in [0.2, 0.25) is 0 Å². The number of nitrogens with zero attached hydrogens (tertiary/aromatic N) is 3. The summed E-state index contributed by atoms with van der Waals surface area (Å²) in [6.07, 6.45) is -1.89. The summed E-state index contributed by atoms with van der Waals surface area (Å²) in [6, 6.07) is 3.14. The molecule has 0 radical (unpaired) electrons. The number of alkyl carbamates (subject to hydrolysis) is 1. The summed E-state index contributed by atoms with van der Waals surface area (Å²) in [7, 11) is 3.21. The molecule has 1 fully saturated rings. The summed E-state index contributed by atoms with van der Waals surface area (Å²) in [5, 5.41) is 16.3. The van der Waals surface area contributed by atoms with E-state index in [4.69, 9.17) is 9.47 Å². The average Bonchev–Trinajstić information content (AvgIpc) is 3.35. The van der Waals surface area contributed by atoms with Gasteiger partial charge in [0.05, 0.1) is 12.3 Å². The smallest absolute Gasteiger partial charge is 0.407 e. The van der Waals surface area contributed by atoms with Crippen LogP contribution in [-0.2, 0) is 23.1 Å². The third-order valence-electron chi connectivity index (χ3n) is 4.86. The Morgan fingerprint density at radius 3 is 2.83 bits per heavy atom. The van der Waals surface area contributed by atoms with Gasteiger partial charge in [-0.3, -0.25) is 14.6 Å². The van der Waals surface area contributed by atoms with Gasteiger partial charge in [0.15, 0.2) is 5.82 Å². The van der Waals surface area contributed by atoms with E-state index in [-0.39, 0.29) is 17.8 Å². The summed E-state index contributed by atoms with van der Waals surface area (Å²) in [4.78, 5) is 24.2. The van der Waals surface area contributed by atoms with Gasteiger partial charge in [0.2, 0.25) is 0 Å². The van der Waals surface area contributed by atoms with E-state index in [1.54, 1.807) is 40.1 Å². The monoisotopic (exact) mass is 422 g/mol. The summed E-state index contributed by atoms with van der Waals surface area (Å²) < 4.78 is 26.5. The topological polar surface area (TPSA) is 123 Å². The summed E-state index contributed by atoms with van der Waals surface area (Å²) in [5.41, 5.74) is 1.52. The van der Waals surface area contributed by atoms with Gasteiger partial charge in [-0.2, -0.15) is 10.2 Å². The van der Waals surface area contributed by atoms with Crippen LogP contribution in [-0.4, -0.2) is 57.4 Å². The minimum absolute atomic E-state index is 0.0865. The van der Waals surface area contributed by atoms with Crippen molar-refractivity contribution in [3.63, 3.8) is 0 Å². The van der Waals surface area contributed by atoms with Crippen LogP contribution in [0.4, 0.5) is 15.0 Å². The number of carbonyl (C=O) groups is 2. The fraction of sp³-hybridized carbons (Fsp3) is 0.579. The summed E-state index contributed by atoms with van der Waals surface area (Å²) in [6.45, 7) is 3.90. The molecule has 2 heterocycles. The Balaban J connectivity index is 1.61. The highest BCUT2D eigenvalue weighted by Crippen LogP contribution is 2.38. The number of hydrogen-bond donors (Lipinski definition) is 3. The number of amides is 2. The van der Waals surface area contributed by atoms with E-state index in [0.29, 0.717) is 36.5 Å². The molecular formula is C19H27FN6O4. The molecule has 2 aromatic heterocycles. The van der Waals surface area contributed by atoms with Gasteiger partial charge in [0.25, 0.3) is 5.91 Å². The lowest BCUT2D eigenvalue weighted by Gasteiger charge is -2.18. The lowest BCUT2D eigenvalue weighted by molar-refractivity contribution is 0.0555. The first kappa shape index (κ1) is 21.8. The standard InChI is InChI=1S/C19H27FN6O4/c1-10(2)21-19(28)30-15-6-5-12(17(15)20)13-8-16(24-23-13)22-18(27)14-7-11(9-29-4)25-26(14)3/h7-8,10,12,15,17H,5-6,9H2,1-4H3,(H,21,28)(H2,22,23,24,27)/t12-,15-,17+/m0/s1.